The molecule has 1 N–H and O–H groups in total. The smallest absolute Gasteiger partial charge is 0.262 e. The predicted molar refractivity (Wildman–Crippen MR) is 89.2 cm³/mol. The van der Waals surface area contributed by atoms with Crippen LogP contribution in [0.15, 0.2) is 42.5 Å². The Kier molecular flexibility index (Phi) is 5.00. The van der Waals surface area contributed by atoms with Gasteiger partial charge in [-0.05, 0) is 65.8 Å². The van der Waals surface area contributed by atoms with E-state index in [1.807, 2.05) is 56.3 Å². The number of rotatable bonds is 4. The first-order valence-electron chi connectivity index (χ1n) is 6.31. The molecule has 104 valence electrons. The van der Waals surface area contributed by atoms with E-state index in [1.54, 1.807) is 0 Å². The molecule has 0 atom stereocenters. The molecule has 2 rings (SSSR count). The SMILES string of the molecule is Cc1cccc(NC(=O)COc2ccccc2I)c1C. The second-order valence-corrected chi connectivity index (χ2v) is 5.68. The summed E-state index contributed by atoms with van der Waals surface area (Å²) in [6.07, 6.45) is 0. The number of benzene rings is 2. The predicted octanol–water partition coefficient (Wildman–Crippen LogP) is 3.93. The Hall–Kier alpha value is -1.56. The highest BCUT2D eigenvalue weighted by Crippen LogP contribution is 2.20. The first-order valence-corrected chi connectivity index (χ1v) is 7.39. The van der Waals surface area contributed by atoms with Crippen molar-refractivity contribution in [1.82, 2.24) is 0 Å². The number of amides is 1. The number of carbonyl (C=O) groups excluding carboxylic acids is 1. The number of aryl methyl sites for hydroxylation is 1. The molecule has 3 nitrogen and oxygen atoms in total. The van der Waals surface area contributed by atoms with Gasteiger partial charge in [0.2, 0.25) is 0 Å². The molecule has 2 aromatic rings. The van der Waals surface area contributed by atoms with E-state index < -0.39 is 0 Å². The molecule has 0 aromatic heterocycles. The molecule has 0 aliphatic heterocycles. The average molecular weight is 381 g/mol. The van der Waals surface area contributed by atoms with Gasteiger partial charge in [0.1, 0.15) is 5.75 Å². The van der Waals surface area contributed by atoms with Gasteiger partial charge in [-0.3, -0.25) is 4.79 Å². The number of hydrogen-bond donors (Lipinski definition) is 1. The minimum Gasteiger partial charge on any atom is -0.483 e. The molecule has 1 amide bonds. The van der Waals surface area contributed by atoms with Crippen LogP contribution < -0.4 is 10.1 Å². The topological polar surface area (TPSA) is 38.3 Å². The van der Waals surface area contributed by atoms with Crippen molar-refractivity contribution < 1.29 is 9.53 Å². The molecule has 0 spiro atoms. The van der Waals surface area contributed by atoms with Gasteiger partial charge in [-0.1, -0.05) is 24.3 Å². The van der Waals surface area contributed by atoms with Crippen molar-refractivity contribution in [3.8, 4) is 5.75 Å². The van der Waals surface area contributed by atoms with Crippen LogP contribution in [0, 0.1) is 17.4 Å². The van der Waals surface area contributed by atoms with E-state index in [0.717, 1.165) is 26.1 Å². The fraction of sp³-hybridized carbons (Fsp3) is 0.188. The molecule has 2 aromatic carbocycles. The Labute approximate surface area is 132 Å². The van der Waals surface area contributed by atoms with E-state index >= 15 is 0 Å². The van der Waals surface area contributed by atoms with E-state index in [0.29, 0.717) is 0 Å². The first kappa shape index (κ1) is 14.8. The lowest BCUT2D eigenvalue weighted by Gasteiger charge is -2.11. The van der Waals surface area contributed by atoms with E-state index in [2.05, 4.69) is 27.9 Å². The number of para-hydroxylation sites is 1. The van der Waals surface area contributed by atoms with Crippen LogP contribution in [-0.2, 0) is 4.79 Å². The van der Waals surface area contributed by atoms with Crippen molar-refractivity contribution in [2.24, 2.45) is 0 Å². The van der Waals surface area contributed by atoms with Gasteiger partial charge in [-0.15, -0.1) is 0 Å². The average Bonchev–Trinajstić information content (AvgIpc) is 2.43. The van der Waals surface area contributed by atoms with Crippen molar-refractivity contribution >= 4 is 34.2 Å². The second kappa shape index (κ2) is 6.74. The van der Waals surface area contributed by atoms with Crippen LogP contribution in [0.2, 0.25) is 0 Å². The molecule has 0 aliphatic rings. The van der Waals surface area contributed by atoms with Crippen LogP contribution >= 0.6 is 22.6 Å². The fourth-order valence-electron chi connectivity index (χ4n) is 1.78. The van der Waals surface area contributed by atoms with Gasteiger partial charge in [-0.25, -0.2) is 0 Å². The molecule has 0 aliphatic carbocycles. The normalized spacial score (nSPS) is 10.2. The first-order chi connectivity index (χ1) is 9.58. The molecular weight excluding hydrogens is 365 g/mol. The minimum atomic E-state index is -0.154. The summed E-state index contributed by atoms with van der Waals surface area (Å²) < 4.78 is 6.51. The number of nitrogens with one attached hydrogen (secondary N) is 1. The van der Waals surface area contributed by atoms with Crippen LogP contribution in [-0.4, -0.2) is 12.5 Å². The van der Waals surface area contributed by atoms with Gasteiger partial charge in [0.05, 0.1) is 3.57 Å². The zero-order valence-electron chi connectivity index (χ0n) is 11.4. The summed E-state index contributed by atoms with van der Waals surface area (Å²) in [7, 11) is 0. The summed E-state index contributed by atoms with van der Waals surface area (Å²) in [4.78, 5) is 11.9. The maximum atomic E-state index is 11.9. The largest absolute Gasteiger partial charge is 0.483 e. The highest BCUT2D eigenvalue weighted by Gasteiger charge is 2.07. The molecule has 4 heteroatoms. The molecule has 20 heavy (non-hydrogen) atoms. The van der Waals surface area contributed by atoms with Gasteiger partial charge < -0.3 is 10.1 Å². The summed E-state index contributed by atoms with van der Waals surface area (Å²) in [6.45, 7) is 4.02. The van der Waals surface area contributed by atoms with Crippen molar-refractivity contribution in [3.63, 3.8) is 0 Å². The Balaban J connectivity index is 1.96. The summed E-state index contributed by atoms with van der Waals surface area (Å²) in [6, 6.07) is 13.5. The number of anilines is 1. The van der Waals surface area contributed by atoms with Gasteiger partial charge in [0.25, 0.3) is 5.91 Å². The molecule has 0 radical (unpaired) electrons. The standard InChI is InChI=1S/C16H16INO2/c1-11-6-5-8-14(12(11)2)18-16(19)10-20-15-9-4-3-7-13(15)17/h3-9H,10H2,1-2H3,(H,18,19). The lowest BCUT2D eigenvalue weighted by Crippen LogP contribution is -2.21. The minimum absolute atomic E-state index is 0.00734. The van der Waals surface area contributed by atoms with Crippen molar-refractivity contribution in [3.05, 3.63) is 57.2 Å². The quantitative estimate of drug-likeness (QED) is 0.816. The zero-order valence-corrected chi connectivity index (χ0v) is 13.6. The summed E-state index contributed by atoms with van der Waals surface area (Å²) in [5, 5.41) is 2.87. The van der Waals surface area contributed by atoms with Gasteiger partial charge in [-0.2, -0.15) is 0 Å². The molecule has 0 unspecified atom stereocenters. The second-order valence-electron chi connectivity index (χ2n) is 4.51. The highest BCUT2D eigenvalue weighted by molar-refractivity contribution is 14.1. The maximum Gasteiger partial charge on any atom is 0.262 e. The van der Waals surface area contributed by atoms with E-state index in [9.17, 15) is 4.79 Å². The third-order valence-electron chi connectivity index (χ3n) is 3.07. The Bertz CT molecular complexity index is 626. The van der Waals surface area contributed by atoms with Gasteiger partial charge in [0, 0.05) is 5.69 Å². The fourth-order valence-corrected chi connectivity index (χ4v) is 2.32. The van der Waals surface area contributed by atoms with Crippen LogP contribution in [0.3, 0.4) is 0 Å². The summed E-state index contributed by atoms with van der Waals surface area (Å²) in [5.74, 6) is 0.572. The Morgan fingerprint density at radius 1 is 1.15 bits per heavy atom. The van der Waals surface area contributed by atoms with Crippen LogP contribution in [0.25, 0.3) is 0 Å². The molecule has 0 fully saturated rings. The van der Waals surface area contributed by atoms with Crippen LogP contribution in [0.4, 0.5) is 5.69 Å². The van der Waals surface area contributed by atoms with Crippen molar-refractivity contribution in [2.45, 2.75) is 13.8 Å². The highest BCUT2D eigenvalue weighted by atomic mass is 127. The third kappa shape index (κ3) is 3.72. The Morgan fingerprint density at radius 3 is 2.65 bits per heavy atom. The molecule has 0 heterocycles. The number of halogens is 1. The molecular formula is C16H16INO2. The van der Waals surface area contributed by atoms with Gasteiger partial charge in [0.15, 0.2) is 6.61 Å². The lowest BCUT2D eigenvalue weighted by atomic mass is 10.1. The molecule has 0 saturated carbocycles. The number of hydrogen-bond acceptors (Lipinski definition) is 2. The van der Waals surface area contributed by atoms with Crippen molar-refractivity contribution in [2.75, 3.05) is 11.9 Å². The summed E-state index contributed by atoms with van der Waals surface area (Å²) in [5.41, 5.74) is 3.07. The third-order valence-corrected chi connectivity index (χ3v) is 3.97. The summed E-state index contributed by atoms with van der Waals surface area (Å²) >= 11 is 2.18. The molecule has 0 saturated heterocycles. The van der Waals surface area contributed by atoms with Gasteiger partial charge >= 0.3 is 0 Å². The van der Waals surface area contributed by atoms with E-state index in [1.165, 1.54) is 0 Å². The van der Waals surface area contributed by atoms with E-state index in [4.69, 9.17) is 4.74 Å². The maximum absolute atomic E-state index is 11.9. The molecule has 0 bridgehead atoms. The van der Waals surface area contributed by atoms with Crippen molar-refractivity contribution in [1.29, 1.82) is 0 Å². The zero-order chi connectivity index (χ0) is 14.5. The Morgan fingerprint density at radius 2 is 1.90 bits per heavy atom. The number of ether oxygens (including phenoxy) is 1. The number of carbonyl (C=O) groups is 1. The van der Waals surface area contributed by atoms with Crippen LogP contribution in [0.5, 0.6) is 5.75 Å². The van der Waals surface area contributed by atoms with Crippen LogP contribution in [0.1, 0.15) is 11.1 Å². The lowest BCUT2D eigenvalue weighted by molar-refractivity contribution is -0.118. The monoisotopic (exact) mass is 381 g/mol. The van der Waals surface area contributed by atoms with E-state index in [-0.39, 0.29) is 12.5 Å².